The second kappa shape index (κ2) is 14.3. The highest BCUT2D eigenvalue weighted by atomic mass is 32.2. The van der Waals surface area contributed by atoms with Gasteiger partial charge in [0.2, 0.25) is 5.95 Å². The third-order valence-electron chi connectivity index (χ3n) is 5.57. The summed E-state index contributed by atoms with van der Waals surface area (Å²) in [5.41, 5.74) is 2.36. The Morgan fingerprint density at radius 3 is 1.57 bits per heavy atom. The Morgan fingerprint density at radius 2 is 1.14 bits per heavy atom. The number of nitrogens with zero attached hydrogens (tertiary/aromatic N) is 3. The minimum absolute atomic E-state index is 0.432. The van der Waals surface area contributed by atoms with E-state index in [1.807, 2.05) is 0 Å². The van der Waals surface area contributed by atoms with Gasteiger partial charge in [-0.15, -0.1) is 23.5 Å². The van der Waals surface area contributed by atoms with Gasteiger partial charge in [0, 0.05) is 37.1 Å². The topological polar surface area (TPSA) is 50.7 Å². The van der Waals surface area contributed by atoms with E-state index in [1.54, 1.807) is 47.0 Å². The summed E-state index contributed by atoms with van der Waals surface area (Å²) in [6.45, 7) is 12.1. The van der Waals surface area contributed by atoms with E-state index in [4.69, 9.17) is 15.0 Å². The van der Waals surface area contributed by atoms with Gasteiger partial charge in [0.15, 0.2) is 10.3 Å². The molecule has 0 amide bonds. The summed E-state index contributed by atoms with van der Waals surface area (Å²) in [7, 11) is 0. The molecule has 1 aliphatic rings. The molecule has 0 spiro atoms. The maximum absolute atomic E-state index is 4.81. The normalized spacial score (nSPS) is 13.9. The SMILES string of the molecule is C=C(C)CSc1ccc(Sc2nc(NC3CCCCC3)nc(Sc3ccc(SCC(=C)C)cc3)n2)cc1. The van der Waals surface area contributed by atoms with E-state index in [2.05, 4.69) is 80.9 Å². The lowest BCUT2D eigenvalue weighted by Gasteiger charge is -2.22. The number of aromatic nitrogens is 3. The third-order valence-corrected chi connectivity index (χ3v) is 9.80. The summed E-state index contributed by atoms with van der Waals surface area (Å²) >= 11 is 6.77. The molecule has 194 valence electrons. The van der Waals surface area contributed by atoms with Gasteiger partial charge in [-0.3, -0.25) is 0 Å². The molecule has 2 aromatic carbocycles. The molecule has 8 heteroatoms. The van der Waals surface area contributed by atoms with Crippen LogP contribution >= 0.6 is 47.0 Å². The second-order valence-corrected chi connectivity index (χ2v) is 13.5. The van der Waals surface area contributed by atoms with E-state index in [1.165, 1.54) is 53.0 Å². The quantitative estimate of drug-likeness (QED) is 0.172. The molecule has 0 unspecified atom stereocenters. The van der Waals surface area contributed by atoms with E-state index in [0.29, 0.717) is 22.3 Å². The Kier molecular flexibility index (Phi) is 10.9. The minimum atomic E-state index is 0.432. The van der Waals surface area contributed by atoms with Crippen molar-refractivity contribution < 1.29 is 0 Å². The van der Waals surface area contributed by atoms with Gasteiger partial charge in [0.1, 0.15) is 0 Å². The maximum Gasteiger partial charge on any atom is 0.227 e. The van der Waals surface area contributed by atoms with Gasteiger partial charge >= 0.3 is 0 Å². The van der Waals surface area contributed by atoms with Crippen molar-refractivity contribution in [3.63, 3.8) is 0 Å². The van der Waals surface area contributed by atoms with Gasteiger partial charge in [0.05, 0.1) is 0 Å². The predicted octanol–water partition coefficient (Wildman–Crippen LogP) is 9.25. The molecule has 0 radical (unpaired) electrons. The zero-order valence-electron chi connectivity index (χ0n) is 21.5. The number of thioether (sulfide) groups is 2. The number of anilines is 1. The van der Waals surface area contributed by atoms with Gasteiger partial charge in [0.25, 0.3) is 0 Å². The molecule has 0 atom stereocenters. The number of nitrogens with one attached hydrogen (secondary N) is 1. The Morgan fingerprint density at radius 1 is 0.703 bits per heavy atom. The summed E-state index contributed by atoms with van der Waals surface area (Å²) < 4.78 is 0. The van der Waals surface area contributed by atoms with Crippen LogP contribution in [0.3, 0.4) is 0 Å². The zero-order valence-corrected chi connectivity index (χ0v) is 24.8. The van der Waals surface area contributed by atoms with Gasteiger partial charge in [-0.2, -0.15) is 15.0 Å². The summed E-state index contributed by atoms with van der Waals surface area (Å²) in [4.78, 5) is 19.1. The molecule has 0 bridgehead atoms. The van der Waals surface area contributed by atoms with Gasteiger partial charge in [-0.1, -0.05) is 43.6 Å². The van der Waals surface area contributed by atoms with Crippen LogP contribution in [0.2, 0.25) is 0 Å². The smallest absolute Gasteiger partial charge is 0.227 e. The molecule has 1 aliphatic carbocycles. The monoisotopic (exact) mass is 566 g/mol. The highest BCUT2D eigenvalue weighted by molar-refractivity contribution is 8.00. The van der Waals surface area contributed by atoms with Crippen molar-refractivity contribution >= 4 is 53.0 Å². The standard InChI is InChI=1S/C29H34N4S4/c1-20(2)18-34-23-10-14-25(15-11-23)36-28-31-27(30-22-8-6-5-7-9-22)32-29(33-28)37-26-16-12-24(13-17-26)35-19-21(3)4/h10-17,22H,1,3,5-9,18-19H2,2,4H3,(H,30,31,32,33). The van der Waals surface area contributed by atoms with Crippen molar-refractivity contribution in [2.75, 3.05) is 16.8 Å². The molecule has 1 heterocycles. The average molecular weight is 567 g/mol. The fraction of sp³-hybridized carbons (Fsp3) is 0.345. The van der Waals surface area contributed by atoms with Crippen molar-refractivity contribution in [1.29, 1.82) is 0 Å². The first kappa shape index (κ1) is 28.1. The van der Waals surface area contributed by atoms with Crippen LogP contribution in [0.1, 0.15) is 46.0 Å². The third kappa shape index (κ3) is 9.74. The molecule has 1 fully saturated rings. The van der Waals surface area contributed by atoms with Crippen molar-refractivity contribution in [3.8, 4) is 0 Å². The summed E-state index contributed by atoms with van der Waals surface area (Å²) in [5.74, 6) is 2.54. The number of benzene rings is 2. The molecule has 3 aromatic rings. The molecule has 1 saturated carbocycles. The molecule has 37 heavy (non-hydrogen) atoms. The fourth-order valence-corrected chi connectivity index (χ4v) is 6.79. The van der Waals surface area contributed by atoms with Crippen LogP contribution < -0.4 is 5.32 Å². The Hall–Kier alpha value is -1.87. The van der Waals surface area contributed by atoms with Gasteiger partial charge < -0.3 is 5.32 Å². The highest BCUT2D eigenvalue weighted by Gasteiger charge is 2.16. The Labute approximate surface area is 238 Å². The van der Waals surface area contributed by atoms with E-state index in [9.17, 15) is 0 Å². The Balaban J connectivity index is 1.49. The lowest BCUT2D eigenvalue weighted by molar-refractivity contribution is 0.459. The van der Waals surface area contributed by atoms with Crippen LogP contribution in [0, 0.1) is 0 Å². The number of rotatable bonds is 12. The maximum atomic E-state index is 4.81. The van der Waals surface area contributed by atoms with Crippen LogP contribution in [-0.4, -0.2) is 32.5 Å². The highest BCUT2D eigenvalue weighted by Crippen LogP contribution is 2.33. The molecule has 4 rings (SSSR count). The van der Waals surface area contributed by atoms with Crippen LogP contribution in [0.4, 0.5) is 5.95 Å². The molecule has 0 saturated heterocycles. The fourth-order valence-electron chi connectivity index (χ4n) is 3.76. The molecule has 1 aromatic heterocycles. The van der Waals surface area contributed by atoms with Crippen LogP contribution in [0.5, 0.6) is 0 Å². The average Bonchev–Trinajstić information content (AvgIpc) is 2.88. The summed E-state index contributed by atoms with van der Waals surface area (Å²) in [6, 6.07) is 17.6. The van der Waals surface area contributed by atoms with Gasteiger partial charge in [-0.25, -0.2) is 0 Å². The molecular formula is C29H34N4S4. The second-order valence-electron chi connectivity index (χ2n) is 9.34. The summed E-state index contributed by atoms with van der Waals surface area (Å²) in [5, 5.41) is 5.02. The van der Waals surface area contributed by atoms with Gasteiger partial charge in [-0.05, 0) is 98.7 Å². The van der Waals surface area contributed by atoms with E-state index >= 15 is 0 Å². The first-order valence-corrected chi connectivity index (χ1v) is 16.2. The predicted molar refractivity (Wildman–Crippen MR) is 163 cm³/mol. The first-order valence-electron chi connectivity index (χ1n) is 12.6. The van der Waals surface area contributed by atoms with Crippen molar-refractivity contribution in [2.24, 2.45) is 0 Å². The number of hydrogen-bond donors (Lipinski definition) is 1. The molecule has 1 N–H and O–H groups in total. The Bertz CT molecular complexity index is 1110. The van der Waals surface area contributed by atoms with Crippen LogP contribution in [0.15, 0.2) is 103 Å². The van der Waals surface area contributed by atoms with Crippen LogP contribution in [0.25, 0.3) is 0 Å². The van der Waals surface area contributed by atoms with Crippen molar-refractivity contribution in [3.05, 3.63) is 72.8 Å². The lowest BCUT2D eigenvalue weighted by Crippen LogP contribution is -2.23. The summed E-state index contributed by atoms with van der Waals surface area (Å²) in [6.07, 6.45) is 6.18. The molecule has 0 aliphatic heterocycles. The van der Waals surface area contributed by atoms with Crippen LogP contribution in [-0.2, 0) is 0 Å². The van der Waals surface area contributed by atoms with E-state index in [-0.39, 0.29) is 0 Å². The lowest BCUT2D eigenvalue weighted by atomic mass is 9.96. The van der Waals surface area contributed by atoms with Crippen molar-refractivity contribution in [1.82, 2.24) is 15.0 Å². The zero-order chi connectivity index (χ0) is 26.0. The van der Waals surface area contributed by atoms with Crippen molar-refractivity contribution in [2.45, 2.75) is 81.9 Å². The van der Waals surface area contributed by atoms with E-state index < -0.39 is 0 Å². The van der Waals surface area contributed by atoms with E-state index in [0.717, 1.165) is 21.3 Å². The minimum Gasteiger partial charge on any atom is -0.351 e. The number of hydrogen-bond acceptors (Lipinski definition) is 8. The first-order chi connectivity index (χ1) is 17.9. The largest absolute Gasteiger partial charge is 0.351 e. The molecule has 4 nitrogen and oxygen atoms in total. The molecular weight excluding hydrogens is 533 g/mol.